The number of rotatable bonds is 7. The van der Waals surface area contributed by atoms with Gasteiger partial charge in [0.05, 0.1) is 12.8 Å². The van der Waals surface area contributed by atoms with Crippen molar-refractivity contribution >= 4 is 17.2 Å². The van der Waals surface area contributed by atoms with Crippen LogP contribution in [0.4, 0.5) is 5.69 Å². The van der Waals surface area contributed by atoms with Crippen LogP contribution in [-0.2, 0) is 13.0 Å². The predicted octanol–water partition coefficient (Wildman–Crippen LogP) is 4.84. The van der Waals surface area contributed by atoms with Gasteiger partial charge in [0, 0.05) is 56.2 Å². The number of anilines is 1. The van der Waals surface area contributed by atoms with Crippen LogP contribution in [-0.4, -0.2) is 45.4 Å². The number of carbonyl (C=O) groups is 1. The number of amides is 1. The highest BCUT2D eigenvalue weighted by Gasteiger charge is 2.23. The monoisotopic (exact) mass is 469 g/mol. The number of pyridine rings is 2. The summed E-state index contributed by atoms with van der Waals surface area (Å²) in [5.74, 6) is 1.34. The van der Waals surface area contributed by atoms with E-state index < -0.39 is 0 Å². The Morgan fingerprint density at radius 1 is 1.11 bits per heavy atom. The zero-order chi connectivity index (χ0) is 24.0. The molecule has 1 amide bonds. The van der Waals surface area contributed by atoms with Crippen molar-refractivity contribution in [1.82, 2.24) is 19.3 Å². The van der Waals surface area contributed by atoms with Gasteiger partial charge in [-0.3, -0.25) is 9.78 Å². The summed E-state index contributed by atoms with van der Waals surface area (Å²) in [6.07, 6.45) is 13.6. The number of hydrogen-bond donors (Lipinski definition) is 1. The zero-order valence-corrected chi connectivity index (χ0v) is 20.1. The quantitative estimate of drug-likeness (QED) is 0.420. The van der Waals surface area contributed by atoms with Crippen molar-refractivity contribution < 1.29 is 9.53 Å². The number of likely N-dealkylation sites (tertiary alicyclic amines) is 1. The topological polar surface area (TPSA) is 71.8 Å². The molecule has 7 heteroatoms. The van der Waals surface area contributed by atoms with Crippen LogP contribution in [0.1, 0.15) is 40.7 Å². The molecule has 0 aliphatic carbocycles. The van der Waals surface area contributed by atoms with E-state index in [2.05, 4.69) is 31.8 Å². The van der Waals surface area contributed by atoms with E-state index >= 15 is 0 Å². The molecule has 35 heavy (non-hydrogen) atoms. The summed E-state index contributed by atoms with van der Waals surface area (Å²) in [6, 6.07) is 13.8. The highest BCUT2D eigenvalue weighted by Crippen LogP contribution is 2.28. The van der Waals surface area contributed by atoms with Crippen LogP contribution < -0.4 is 10.1 Å². The standard InChI is InChI=1S/C28H31N5O2/c1-35-26-9-8-24(18-25(26)31-20-22-5-2-11-29-19-22)28(34)33-14-3-6-21(10-15-33)17-23-7-4-13-32-16-12-30-27(23)32/h2,4-5,7-9,11-13,16,18-19,21,31H,3,6,10,14-15,17,20H2,1H3/t21-/m1/s1. The van der Waals surface area contributed by atoms with Gasteiger partial charge in [-0.2, -0.15) is 0 Å². The minimum atomic E-state index is 0.0769. The van der Waals surface area contributed by atoms with Gasteiger partial charge in [-0.1, -0.05) is 12.1 Å². The molecule has 1 saturated heterocycles. The summed E-state index contributed by atoms with van der Waals surface area (Å²) in [7, 11) is 1.64. The Morgan fingerprint density at radius 2 is 2.06 bits per heavy atom. The van der Waals surface area contributed by atoms with E-state index in [4.69, 9.17) is 4.74 Å². The SMILES string of the molecule is COc1ccc(C(=O)N2CCC[C@@H](Cc3cccn4ccnc34)CC2)cc1NCc1cccnc1. The molecule has 0 unspecified atom stereocenters. The third kappa shape index (κ3) is 5.29. The summed E-state index contributed by atoms with van der Waals surface area (Å²) >= 11 is 0. The van der Waals surface area contributed by atoms with Crippen molar-refractivity contribution in [3.05, 3.63) is 90.1 Å². The fourth-order valence-corrected chi connectivity index (χ4v) is 4.91. The van der Waals surface area contributed by atoms with Crippen molar-refractivity contribution in [2.45, 2.75) is 32.2 Å². The van der Waals surface area contributed by atoms with Crippen molar-refractivity contribution in [2.24, 2.45) is 5.92 Å². The Bertz CT molecular complexity index is 1290. The molecule has 0 saturated carbocycles. The number of nitrogens with one attached hydrogen (secondary N) is 1. The summed E-state index contributed by atoms with van der Waals surface area (Å²) in [4.78, 5) is 24.1. The Hall–Kier alpha value is -3.87. The second kappa shape index (κ2) is 10.6. The van der Waals surface area contributed by atoms with Crippen molar-refractivity contribution in [3.8, 4) is 5.75 Å². The third-order valence-electron chi connectivity index (χ3n) is 6.80. The fourth-order valence-electron chi connectivity index (χ4n) is 4.91. The smallest absolute Gasteiger partial charge is 0.253 e. The second-order valence-electron chi connectivity index (χ2n) is 9.11. The number of methoxy groups -OCH3 is 1. The molecule has 1 aromatic carbocycles. The molecule has 0 bridgehead atoms. The predicted molar refractivity (Wildman–Crippen MR) is 137 cm³/mol. The summed E-state index contributed by atoms with van der Waals surface area (Å²) in [5, 5.41) is 3.39. The minimum Gasteiger partial charge on any atom is -0.495 e. The molecular weight excluding hydrogens is 438 g/mol. The summed E-state index contributed by atoms with van der Waals surface area (Å²) in [5.41, 5.74) is 4.87. The van der Waals surface area contributed by atoms with E-state index in [9.17, 15) is 4.79 Å². The minimum absolute atomic E-state index is 0.0769. The van der Waals surface area contributed by atoms with E-state index in [1.54, 1.807) is 13.3 Å². The Morgan fingerprint density at radius 3 is 2.91 bits per heavy atom. The van der Waals surface area contributed by atoms with Crippen LogP contribution in [0, 0.1) is 5.92 Å². The number of hydrogen-bond acceptors (Lipinski definition) is 5. The molecule has 180 valence electrons. The molecule has 1 fully saturated rings. The van der Waals surface area contributed by atoms with Crippen molar-refractivity contribution in [1.29, 1.82) is 0 Å². The maximum absolute atomic E-state index is 13.4. The largest absolute Gasteiger partial charge is 0.495 e. The number of fused-ring (bicyclic) bond motifs is 1. The highest BCUT2D eigenvalue weighted by atomic mass is 16.5. The number of benzene rings is 1. The Balaban J connectivity index is 1.24. The zero-order valence-electron chi connectivity index (χ0n) is 20.1. The Kier molecular flexibility index (Phi) is 6.93. The van der Waals surface area contributed by atoms with Crippen LogP contribution in [0.15, 0.2) is 73.4 Å². The fraction of sp³-hybridized carbons (Fsp3) is 0.321. The lowest BCUT2D eigenvalue weighted by Gasteiger charge is -2.22. The van der Waals surface area contributed by atoms with Gasteiger partial charge in [0.2, 0.25) is 0 Å². The van der Waals surface area contributed by atoms with Gasteiger partial charge < -0.3 is 19.4 Å². The van der Waals surface area contributed by atoms with Gasteiger partial charge in [0.15, 0.2) is 0 Å². The number of nitrogens with zero attached hydrogens (tertiary/aromatic N) is 4. The molecule has 4 aromatic rings. The number of imidazole rings is 1. The van der Waals surface area contributed by atoms with Gasteiger partial charge in [-0.05, 0) is 73.1 Å². The van der Waals surface area contributed by atoms with Gasteiger partial charge in [-0.25, -0.2) is 4.98 Å². The first-order valence-electron chi connectivity index (χ1n) is 12.2. The Labute approximate surface area is 205 Å². The van der Waals surface area contributed by atoms with Crippen molar-refractivity contribution in [3.63, 3.8) is 0 Å². The van der Waals surface area contributed by atoms with E-state index in [1.165, 1.54) is 5.56 Å². The maximum atomic E-state index is 13.4. The van der Waals surface area contributed by atoms with Crippen LogP contribution in [0.25, 0.3) is 5.65 Å². The van der Waals surface area contributed by atoms with E-state index in [0.717, 1.165) is 61.4 Å². The molecular formula is C28H31N5O2. The van der Waals surface area contributed by atoms with Gasteiger partial charge in [0.1, 0.15) is 11.4 Å². The lowest BCUT2D eigenvalue weighted by Crippen LogP contribution is -2.32. The van der Waals surface area contributed by atoms with Crippen molar-refractivity contribution in [2.75, 3.05) is 25.5 Å². The van der Waals surface area contributed by atoms with Crippen LogP contribution in [0.5, 0.6) is 5.75 Å². The van der Waals surface area contributed by atoms with E-state index in [-0.39, 0.29) is 5.91 Å². The maximum Gasteiger partial charge on any atom is 0.253 e. The molecule has 3 aromatic heterocycles. The normalized spacial score (nSPS) is 16.1. The van der Waals surface area contributed by atoms with Crippen LogP contribution >= 0.6 is 0 Å². The van der Waals surface area contributed by atoms with Gasteiger partial charge in [-0.15, -0.1) is 0 Å². The molecule has 0 spiro atoms. The molecule has 1 aliphatic rings. The summed E-state index contributed by atoms with van der Waals surface area (Å²) < 4.78 is 7.59. The van der Waals surface area contributed by atoms with Crippen LogP contribution in [0.3, 0.4) is 0 Å². The first kappa shape index (κ1) is 22.9. The van der Waals surface area contributed by atoms with Gasteiger partial charge in [0.25, 0.3) is 5.91 Å². The highest BCUT2D eigenvalue weighted by molar-refractivity contribution is 5.95. The second-order valence-corrected chi connectivity index (χ2v) is 9.11. The average Bonchev–Trinajstić information content (AvgIpc) is 3.27. The molecule has 1 atom stereocenters. The van der Waals surface area contributed by atoms with Gasteiger partial charge >= 0.3 is 0 Å². The first-order valence-corrected chi connectivity index (χ1v) is 12.2. The number of ether oxygens (including phenoxy) is 1. The molecule has 1 aliphatic heterocycles. The molecule has 5 rings (SSSR count). The number of carbonyl (C=O) groups excluding carboxylic acids is 1. The first-order chi connectivity index (χ1) is 17.2. The molecule has 1 N–H and O–H groups in total. The molecule has 4 heterocycles. The molecule has 0 radical (unpaired) electrons. The number of aromatic nitrogens is 3. The third-order valence-corrected chi connectivity index (χ3v) is 6.80. The summed E-state index contributed by atoms with van der Waals surface area (Å²) in [6.45, 7) is 2.16. The van der Waals surface area contributed by atoms with E-state index in [1.807, 2.05) is 60.0 Å². The van der Waals surface area contributed by atoms with E-state index in [0.29, 0.717) is 18.0 Å². The lowest BCUT2D eigenvalue weighted by molar-refractivity contribution is 0.0760. The average molecular weight is 470 g/mol. The lowest BCUT2D eigenvalue weighted by atomic mass is 9.93. The van der Waals surface area contributed by atoms with Crippen LogP contribution in [0.2, 0.25) is 0 Å². The molecule has 7 nitrogen and oxygen atoms in total.